The molecule has 9 heteroatoms. The maximum atomic E-state index is 14.2. The molecule has 6 aromatic rings. The van der Waals surface area contributed by atoms with Crippen molar-refractivity contribution in [1.29, 1.82) is 10.8 Å². The van der Waals surface area contributed by atoms with E-state index >= 15 is 0 Å². The van der Waals surface area contributed by atoms with Crippen molar-refractivity contribution >= 4 is 43.5 Å². The average molecular weight is 574 g/mol. The molecular weight excluding hydrogens is 546 g/mol. The minimum atomic E-state index is -4.02. The lowest BCUT2D eigenvalue weighted by molar-refractivity contribution is 0.413. The van der Waals surface area contributed by atoms with Crippen LogP contribution in [0.15, 0.2) is 114 Å². The second-order valence-electron chi connectivity index (χ2n) is 9.90. The van der Waals surface area contributed by atoms with Crippen LogP contribution >= 0.6 is 0 Å². The fourth-order valence-corrected chi connectivity index (χ4v) is 6.77. The Balaban J connectivity index is 1.64. The van der Waals surface area contributed by atoms with E-state index in [-0.39, 0.29) is 16.6 Å². The number of rotatable bonds is 7. The van der Waals surface area contributed by atoms with E-state index in [1.54, 1.807) is 42.5 Å². The number of nitrogen functional groups attached to an aromatic ring is 2. The summed E-state index contributed by atoms with van der Waals surface area (Å²) in [6.45, 7) is 0. The summed E-state index contributed by atoms with van der Waals surface area (Å²) in [7, 11) is -2.53. The van der Waals surface area contributed by atoms with E-state index in [9.17, 15) is 8.42 Å². The zero-order valence-corrected chi connectivity index (χ0v) is 23.4. The standard InChI is InChI=1S/C33H27N5O3S/c1-41-26-9-4-10-27(19-26)42(39,40)38-30-13-11-22(20-5-2-7-24(15-20)32(34)35)17-28(30)29-18-23(12-14-31(29)38)21-6-3-8-25(16-21)33(36)37/h2-19H,1H3,(H3,34,35)(H3,36,37). The highest BCUT2D eigenvalue weighted by molar-refractivity contribution is 7.90. The van der Waals surface area contributed by atoms with E-state index in [2.05, 4.69) is 0 Å². The predicted molar refractivity (Wildman–Crippen MR) is 168 cm³/mol. The molecule has 0 aliphatic carbocycles. The van der Waals surface area contributed by atoms with Crippen LogP contribution in [0.3, 0.4) is 0 Å². The fourth-order valence-electron chi connectivity index (χ4n) is 5.21. The molecule has 0 saturated carbocycles. The molecule has 0 saturated heterocycles. The van der Waals surface area contributed by atoms with Gasteiger partial charge in [-0.3, -0.25) is 10.8 Å². The molecular formula is C33H27N5O3S. The third kappa shape index (κ3) is 4.55. The summed E-state index contributed by atoms with van der Waals surface area (Å²) in [5.41, 5.74) is 17.1. The summed E-state index contributed by atoms with van der Waals surface area (Å²) in [5, 5.41) is 17.2. The van der Waals surface area contributed by atoms with Crippen molar-refractivity contribution in [3.8, 4) is 28.0 Å². The molecule has 0 aliphatic heterocycles. The van der Waals surface area contributed by atoms with Gasteiger partial charge < -0.3 is 16.2 Å². The monoisotopic (exact) mass is 573 g/mol. The van der Waals surface area contributed by atoms with Gasteiger partial charge in [-0.05, 0) is 70.8 Å². The Kier molecular flexibility index (Phi) is 6.51. The molecule has 0 spiro atoms. The lowest BCUT2D eigenvalue weighted by Crippen LogP contribution is -2.13. The molecule has 6 rings (SSSR count). The van der Waals surface area contributed by atoms with Gasteiger partial charge in [0.15, 0.2) is 0 Å². The number of ether oxygens (including phenoxy) is 1. The maximum absolute atomic E-state index is 14.2. The number of benzene rings is 5. The molecule has 0 bridgehead atoms. The van der Waals surface area contributed by atoms with Crippen LogP contribution in [0.2, 0.25) is 0 Å². The molecule has 0 atom stereocenters. The minimum Gasteiger partial charge on any atom is -0.497 e. The number of nitrogens with zero attached hydrogens (tertiary/aromatic N) is 1. The lowest BCUT2D eigenvalue weighted by atomic mass is 9.98. The molecule has 5 aromatic carbocycles. The van der Waals surface area contributed by atoms with Crippen LogP contribution in [0, 0.1) is 10.8 Å². The van der Waals surface area contributed by atoms with Gasteiger partial charge in [0.25, 0.3) is 10.0 Å². The predicted octanol–water partition coefficient (Wildman–Crippen LogP) is 5.94. The van der Waals surface area contributed by atoms with Gasteiger partial charge in [0.05, 0.1) is 23.0 Å². The largest absolute Gasteiger partial charge is 0.497 e. The Hall–Kier alpha value is -5.41. The van der Waals surface area contributed by atoms with Gasteiger partial charge in [0, 0.05) is 28.0 Å². The van der Waals surface area contributed by atoms with Crippen molar-refractivity contribution in [1.82, 2.24) is 3.97 Å². The van der Waals surface area contributed by atoms with Crippen molar-refractivity contribution < 1.29 is 13.2 Å². The highest BCUT2D eigenvalue weighted by Crippen LogP contribution is 2.38. The maximum Gasteiger partial charge on any atom is 0.268 e. The van der Waals surface area contributed by atoms with E-state index in [0.29, 0.717) is 27.9 Å². The van der Waals surface area contributed by atoms with Gasteiger partial charge in [-0.1, -0.05) is 54.6 Å². The quantitative estimate of drug-likeness (QED) is 0.138. The third-order valence-corrected chi connectivity index (χ3v) is 9.04. The van der Waals surface area contributed by atoms with Crippen LogP contribution in [0.5, 0.6) is 5.75 Å². The number of fused-ring (bicyclic) bond motifs is 3. The van der Waals surface area contributed by atoms with Crippen LogP contribution in [-0.4, -0.2) is 31.2 Å². The topological polar surface area (TPSA) is 148 Å². The number of methoxy groups -OCH3 is 1. The van der Waals surface area contributed by atoms with Crippen molar-refractivity contribution in [2.75, 3.05) is 7.11 Å². The summed E-state index contributed by atoms with van der Waals surface area (Å²) in [4.78, 5) is 0.108. The second-order valence-corrected chi connectivity index (χ2v) is 11.7. The summed E-state index contributed by atoms with van der Waals surface area (Å²) >= 11 is 0. The summed E-state index contributed by atoms with van der Waals surface area (Å²) in [5.74, 6) is 0.379. The first kappa shape index (κ1) is 26.8. The summed E-state index contributed by atoms with van der Waals surface area (Å²) in [6.07, 6.45) is 0. The third-order valence-electron chi connectivity index (χ3n) is 7.31. The Bertz CT molecular complexity index is 2050. The molecule has 0 unspecified atom stereocenters. The lowest BCUT2D eigenvalue weighted by Gasteiger charge is -2.11. The highest BCUT2D eigenvalue weighted by atomic mass is 32.2. The Morgan fingerprint density at radius 2 is 1.12 bits per heavy atom. The minimum absolute atomic E-state index is 0.0312. The Morgan fingerprint density at radius 3 is 1.60 bits per heavy atom. The van der Waals surface area contributed by atoms with E-state index in [1.165, 1.54) is 17.1 Å². The normalized spacial score (nSPS) is 11.5. The summed E-state index contributed by atoms with van der Waals surface area (Å²) in [6, 6.07) is 32.5. The van der Waals surface area contributed by atoms with Gasteiger partial charge in [0.1, 0.15) is 17.4 Å². The van der Waals surface area contributed by atoms with Gasteiger partial charge in [0.2, 0.25) is 0 Å². The SMILES string of the molecule is COc1cccc(S(=O)(=O)n2c3ccc(-c4cccc(C(=N)N)c4)cc3c3cc(-c4cccc(C(=N)N)c4)ccc32)c1. The van der Waals surface area contributed by atoms with Gasteiger partial charge in [-0.2, -0.15) is 0 Å². The van der Waals surface area contributed by atoms with E-state index in [0.717, 1.165) is 33.0 Å². The van der Waals surface area contributed by atoms with Crippen molar-refractivity contribution in [2.24, 2.45) is 11.5 Å². The summed E-state index contributed by atoms with van der Waals surface area (Å²) < 4.78 is 35.0. The Morgan fingerprint density at radius 1 is 0.643 bits per heavy atom. The van der Waals surface area contributed by atoms with Gasteiger partial charge >= 0.3 is 0 Å². The molecule has 0 aliphatic rings. The molecule has 1 heterocycles. The number of nitrogens with two attached hydrogens (primary N) is 2. The number of hydrogen-bond acceptors (Lipinski definition) is 5. The van der Waals surface area contributed by atoms with Crippen molar-refractivity contribution in [3.63, 3.8) is 0 Å². The molecule has 8 nitrogen and oxygen atoms in total. The first-order valence-corrected chi connectivity index (χ1v) is 14.5. The Labute approximate surface area is 242 Å². The first-order valence-electron chi connectivity index (χ1n) is 13.0. The van der Waals surface area contributed by atoms with Crippen molar-refractivity contribution in [2.45, 2.75) is 4.90 Å². The molecule has 0 radical (unpaired) electrons. The van der Waals surface area contributed by atoms with Crippen molar-refractivity contribution in [3.05, 3.63) is 120 Å². The van der Waals surface area contributed by atoms with Crippen LogP contribution in [0.1, 0.15) is 11.1 Å². The van der Waals surface area contributed by atoms with E-state index < -0.39 is 10.0 Å². The molecule has 0 fully saturated rings. The van der Waals surface area contributed by atoms with Gasteiger partial charge in [-0.15, -0.1) is 0 Å². The molecule has 208 valence electrons. The number of hydrogen-bond donors (Lipinski definition) is 4. The van der Waals surface area contributed by atoms with Crippen LogP contribution in [0.25, 0.3) is 44.1 Å². The molecule has 42 heavy (non-hydrogen) atoms. The number of amidine groups is 2. The molecule has 0 amide bonds. The van der Waals surface area contributed by atoms with Gasteiger partial charge in [-0.25, -0.2) is 12.4 Å². The second kappa shape index (κ2) is 10.2. The van der Waals surface area contributed by atoms with Crippen LogP contribution < -0.4 is 16.2 Å². The average Bonchev–Trinajstić information content (AvgIpc) is 3.35. The zero-order valence-electron chi connectivity index (χ0n) is 22.6. The van der Waals surface area contributed by atoms with Crippen LogP contribution in [0.4, 0.5) is 0 Å². The fraction of sp³-hybridized carbons (Fsp3) is 0.0303. The van der Waals surface area contributed by atoms with Crippen LogP contribution in [-0.2, 0) is 10.0 Å². The first-order chi connectivity index (χ1) is 20.2. The smallest absolute Gasteiger partial charge is 0.268 e. The molecule has 1 aromatic heterocycles. The van der Waals surface area contributed by atoms with E-state index in [1.807, 2.05) is 60.7 Å². The highest BCUT2D eigenvalue weighted by Gasteiger charge is 2.24. The zero-order chi connectivity index (χ0) is 29.6. The number of nitrogens with one attached hydrogen (secondary N) is 2. The van der Waals surface area contributed by atoms with E-state index in [4.69, 9.17) is 27.0 Å². The molecule has 6 N–H and O–H groups in total. The number of aromatic nitrogens is 1.